The molecule has 1 aliphatic heterocycles. The number of carbonyl (C=O) groups is 3. The molecule has 2 rings (SSSR count). The molecule has 2 fully saturated rings. The smallest absolute Gasteiger partial charge is 0.337 e. The number of nitrogens with zero attached hydrogens (tertiary/aromatic N) is 1. The van der Waals surface area contributed by atoms with Gasteiger partial charge in [0.1, 0.15) is 0 Å². The second kappa shape index (κ2) is 8.62. The lowest BCUT2D eigenvalue weighted by Crippen LogP contribution is -2.53. The Morgan fingerprint density at radius 1 is 1.20 bits per heavy atom. The van der Waals surface area contributed by atoms with Crippen LogP contribution in [0.1, 0.15) is 45.4 Å². The van der Waals surface area contributed by atoms with Gasteiger partial charge in [-0.3, -0.25) is 15.0 Å². The fourth-order valence-electron chi connectivity index (χ4n) is 3.58. The number of hydrogen-bond acceptors (Lipinski definition) is 6. The summed E-state index contributed by atoms with van der Waals surface area (Å²) in [6.07, 6.45) is 4.74. The molecule has 0 aromatic rings. The van der Waals surface area contributed by atoms with Gasteiger partial charge in [-0.1, -0.05) is 19.8 Å². The number of aliphatic hydroxyl groups is 1. The first-order valence-corrected chi connectivity index (χ1v) is 8.97. The lowest BCUT2D eigenvalue weighted by atomic mass is 9.86. The number of esters is 1. The highest BCUT2D eigenvalue weighted by atomic mass is 16.5. The molecule has 2 aliphatic rings. The van der Waals surface area contributed by atoms with Crippen molar-refractivity contribution in [2.24, 2.45) is 5.92 Å². The highest BCUT2D eigenvalue weighted by Crippen LogP contribution is 2.24. The third-order valence-electron chi connectivity index (χ3n) is 5.30. The van der Waals surface area contributed by atoms with Crippen molar-refractivity contribution in [1.82, 2.24) is 15.5 Å². The predicted octanol–water partition coefficient (Wildman–Crippen LogP) is 0.391. The zero-order chi connectivity index (χ0) is 18.4. The summed E-state index contributed by atoms with van der Waals surface area (Å²) < 4.78 is 4.60. The van der Waals surface area contributed by atoms with Crippen molar-refractivity contribution in [3.05, 3.63) is 0 Å². The van der Waals surface area contributed by atoms with Gasteiger partial charge in [0.25, 0.3) is 0 Å². The maximum absolute atomic E-state index is 12.0. The van der Waals surface area contributed by atoms with Crippen molar-refractivity contribution in [1.29, 1.82) is 0 Å². The number of nitrogens with one attached hydrogen (secondary N) is 2. The van der Waals surface area contributed by atoms with Gasteiger partial charge in [0.05, 0.1) is 13.7 Å². The number of urea groups is 1. The Hall–Kier alpha value is -1.67. The molecule has 8 heteroatoms. The van der Waals surface area contributed by atoms with Crippen molar-refractivity contribution in [3.8, 4) is 0 Å². The molecule has 1 saturated heterocycles. The Bertz CT molecular complexity index is 503. The highest BCUT2D eigenvalue weighted by molar-refractivity contribution is 5.95. The van der Waals surface area contributed by atoms with Gasteiger partial charge in [-0.25, -0.2) is 9.59 Å². The summed E-state index contributed by atoms with van der Waals surface area (Å²) in [4.78, 5) is 37.4. The van der Waals surface area contributed by atoms with Crippen LogP contribution >= 0.6 is 0 Å². The Balaban J connectivity index is 1.72. The van der Waals surface area contributed by atoms with Gasteiger partial charge in [-0.2, -0.15) is 0 Å². The van der Waals surface area contributed by atoms with E-state index in [4.69, 9.17) is 0 Å². The average Bonchev–Trinajstić information content (AvgIpc) is 2.58. The number of amides is 3. The average molecular weight is 355 g/mol. The zero-order valence-electron chi connectivity index (χ0n) is 15.0. The summed E-state index contributed by atoms with van der Waals surface area (Å²) in [7, 11) is 1.24. The maximum atomic E-state index is 12.0. The van der Waals surface area contributed by atoms with Gasteiger partial charge < -0.3 is 15.2 Å². The van der Waals surface area contributed by atoms with Crippen LogP contribution in [-0.4, -0.2) is 66.3 Å². The number of rotatable bonds is 4. The van der Waals surface area contributed by atoms with E-state index in [0.717, 1.165) is 19.3 Å². The molecule has 142 valence electrons. The van der Waals surface area contributed by atoms with Crippen molar-refractivity contribution in [3.63, 3.8) is 0 Å². The van der Waals surface area contributed by atoms with Crippen LogP contribution in [0.15, 0.2) is 0 Å². The first-order chi connectivity index (χ1) is 11.8. The lowest BCUT2D eigenvalue weighted by Gasteiger charge is -2.35. The molecule has 1 aliphatic carbocycles. The molecule has 0 unspecified atom stereocenters. The predicted molar refractivity (Wildman–Crippen MR) is 90.7 cm³/mol. The Morgan fingerprint density at radius 2 is 1.84 bits per heavy atom. The minimum atomic E-state index is -1.48. The molecule has 0 radical (unpaired) electrons. The molecule has 0 aromatic carbocycles. The highest BCUT2D eigenvalue weighted by Gasteiger charge is 2.40. The minimum absolute atomic E-state index is 0.0604. The Labute approximate surface area is 148 Å². The summed E-state index contributed by atoms with van der Waals surface area (Å²) in [6.45, 7) is 2.95. The maximum Gasteiger partial charge on any atom is 0.337 e. The first-order valence-electron chi connectivity index (χ1n) is 8.97. The third-order valence-corrected chi connectivity index (χ3v) is 5.30. The summed E-state index contributed by atoms with van der Waals surface area (Å²) >= 11 is 0. The largest absolute Gasteiger partial charge is 0.467 e. The van der Waals surface area contributed by atoms with Crippen LogP contribution in [-0.2, 0) is 14.3 Å². The molecule has 0 bridgehead atoms. The van der Waals surface area contributed by atoms with E-state index >= 15 is 0 Å². The standard InChI is InChI=1S/C17H29N3O5/c1-12-5-3-4-6-13(12)18-16(23)19-14(21)11-20-9-7-17(24,8-10-20)15(22)25-2/h12-13,24H,3-11H2,1-2H3,(H2,18,19,21,23)/t12-,13+/m1/s1. The monoisotopic (exact) mass is 355 g/mol. The summed E-state index contributed by atoms with van der Waals surface area (Å²) in [6, 6.07) is -0.335. The molecule has 1 saturated carbocycles. The van der Waals surface area contributed by atoms with Crippen LogP contribution < -0.4 is 10.6 Å². The van der Waals surface area contributed by atoms with Gasteiger partial charge in [-0.05, 0) is 31.6 Å². The third kappa shape index (κ3) is 5.40. The van der Waals surface area contributed by atoms with E-state index in [1.54, 1.807) is 0 Å². The van der Waals surface area contributed by atoms with Gasteiger partial charge in [0.15, 0.2) is 5.60 Å². The number of carbonyl (C=O) groups excluding carboxylic acids is 3. The number of hydrogen-bond donors (Lipinski definition) is 3. The molecule has 8 nitrogen and oxygen atoms in total. The number of ether oxygens (including phenoxy) is 1. The van der Waals surface area contributed by atoms with Crippen LogP contribution in [0.25, 0.3) is 0 Å². The fraction of sp³-hybridized carbons (Fsp3) is 0.824. The van der Waals surface area contributed by atoms with Gasteiger partial charge in [0, 0.05) is 19.1 Å². The summed E-state index contributed by atoms with van der Waals surface area (Å²) in [5.41, 5.74) is -1.48. The summed E-state index contributed by atoms with van der Waals surface area (Å²) in [5, 5.41) is 15.4. The number of likely N-dealkylation sites (tertiary alicyclic amines) is 1. The topological polar surface area (TPSA) is 108 Å². The molecule has 25 heavy (non-hydrogen) atoms. The van der Waals surface area contributed by atoms with E-state index in [1.165, 1.54) is 13.5 Å². The molecule has 3 N–H and O–H groups in total. The Kier molecular flexibility index (Phi) is 6.78. The van der Waals surface area contributed by atoms with Crippen molar-refractivity contribution >= 4 is 17.9 Å². The Morgan fingerprint density at radius 3 is 2.44 bits per heavy atom. The number of methoxy groups -OCH3 is 1. The van der Waals surface area contributed by atoms with Gasteiger partial charge in [-0.15, -0.1) is 0 Å². The molecule has 2 atom stereocenters. The number of piperidine rings is 1. The molecular formula is C17H29N3O5. The van der Waals surface area contributed by atoms with E-state index in [0.29, 0.717) is 19.0 Å². The van der Waals surface area contributed by atoms with Crippen molar-refractivity contribution < 1.29 is 24.2 Å². The SMILES string of the molecule is COC(=O)C1(O)CCN(CC(=O)NC(=O)N[C@H]2CCCC[C@H]2C)CC1. The normalized spacial score (nSPS) is 26.5. The van der Waals surface area contributed by atoms with E-state index in [1.807, 2.05) is 4.90 Å². The lowest BCUT2D eigenvalue weighted by molar-refractivity contribution is -0.167. The summed E-state index contributed by atoms with van der Waals surface area (Å²) in [5.74, 6) is -0.602. The molecule has 3 amide bonds. The van der Waals surface area contributed by atoms with Gasteiger partial charge >= 0.3 is 12.0 Å². The van der Waals surface area contributed by atoms with E-state index in [2.05, 4.69) is 22.3 Å². The molecule has 1 heterocycles. The minimum Gasteiger partial charge on any atom is -0.467 e. The molecular weight excluding hydrogens is 326 g/mol. The number of imide groups is 1. The quantitative estimate of drug-likeness (QED) is 0.630. The van der Waals surface area contributed by atoms with E-state index in [9.17, 15) is 19.5 Å². The van der Waals surface area contributed by atoms with E-state index < -0.39 is 17.6 Å². The van der Waals surface area contributed by atoms with E-state index in [-0.39, 0.29) is 31.3 Å². The zero-order valence-corrected chi connectivity index (χ0v) is 15.0. The van der Waals surface area contributed by atoms with Crippen LogP contribution in [0.4, 0.5) is 4.79 Å². The van der Waals surface area contributed by atoms with Crippen LogP contribution in [0.3, 0.4) is 0 Å². The second-order valence-corrected chi connectivity index (χ2v) is 7.19. The molecule has 0 aromatic heterocycles. The van der Waals surface area contributed by atoms with Crippen molar-refractivity contribution in [2.45, 2.75) is 57.1 Å². The van der Waals surface area contributed by atoms with Crippen LogP contribution in [0, 0.1) is 5.92 Å². The van der Waals surface area contributed by atoms with Gasteiger partial charge in [0.2, 0.25) is 5.91 Å². The first kappa shape index (κ1) is 19.7. The van der Waals surface area contributed by atoms with Crippen molar-refractivity contribution in [2.75, 3.05) is 26.7 Å². The molecule has 0 spiro atoms. The second-order valence-electron chi connectivity index (χ2n) is 7.19. The van der Waals surface area contributed by atoms with Crippen LogP contribution in [0.2, 0.25) is 0 Å². The van der Waals surface area contributed by atoms with Crippen LogP contribution in [0.5, 0.6) is 0 Å². The fourth-order valence-corrected chi connectivity index (χ4v) is 3.58.